The van der Waals surface area contributed by atoms with Gasteiger partial charge in [0, 0.05) is 14.1 Å². The Kier molecular flexibility index (Phi) is 5.70. The molecule has 0 N–H and O–H groups in total. The number of imidazole rings is 1. The lowest BCUT2D eigenvalue weighted by Gasteiger charge is -2.16. The van der Waals surface area contributed by atoms with Crippen molar-refractivity contribution in [2.45, 2.75) is 20.5 Å². The van der Waals surface area contributed by atoms with Crippen LogP contribution in [0.2, 0.25) is 0 Å². The van der Waals surface area contributed by atoms with Crippen LogP contribution in [-0.4, -0.2) is 53.4 Å². The number of aromatic nitrogens is 2. The molecule has 1 heterocycles. The van der Waals surface area contributed by atoms with E-state index in [9.17, 15) is 4.79 Å². The third kappa shape index (κ3) is 3.36. The smallest absolute Gasteiger partial charge is 0.289 e. The minimum absolute atomic E-state index is 0.0759. The Morgan fingerprint density at radius 1 is 1.15 bits per heavy atom. The van der Waals surface area contributed by atoms with E-state index < -0.39 is 0 Å². The SMILES string of the molecule is CC.CN(C)Cn1c(C(=O)N(C)C)nc2ccccc21. The van der Waals surface area contributed by atoms with Gasteiger partial charge in [-0.1, -0.05) is 26.0 Å². The van der Waals surface area contributed by atoms with E-state index >= 15 is 0 Å². The molecule has 0 unspecified atom stereocenters. The highest BCUT2D eigenvalue weighted by atomic mass is 16.2. The normalized spacial score (nSPS) is 10.3. The molecule has 2 aromatic rings. The predicted octanol–water partition coefficient (Wildman–Crippen LogP) is 2.28. The largest absolute Gasteiger partial charge is 0.342 e. The van der Waals surface area contributed by atoms with Crippen LogP contribution >= 0.6 is 0 Å². The molecule has 0 aliphatic heterocycles. The molecule has 110 valence electrons. The van der Waals surface area contributed by atoms with Crippen LogP contribution in [-0.2, 0) is 6.67 Å². The van der Waals surface area contributed by atoms with Crippen molar-refractivity contribution in [1.82, 2.24) is 19.4 Å². The van der Waals surface area contributed by atoms with Gasteiger partial charge >= 0.3 is 0 Å². The molecule has 1 aromatic heterocycles. The van der Waals surface area contributed by atoms with Gasteiger partial charge < -0.3 is 9.47 Å². The summed E-state index contributed by atoms with van der Waals surface area (Å²) < 4.78 is 1.94. The highest BCUT2D eigenvalue weighted by Crippen LogP contribution is 2.17. The average molecular weight is 276 g/mol. The van der Waals surface area contributed by atoms with Gasteiger partial charge in [-0.25, -0.2) is 4.98 Å². The summed E-state index contributed by atoms with van der Waals surface area (Å²) in [7, 11) is 7.42. The minimum Gasteiger partial charge on any atom is -0.342 e. The zero-order valence-electron chi connectivity index (χ0n) is 13.2. The van der Waals surface area contributed by atoms with Crippen LogP contribution in [0, 0.1) is 0 Å². The molecule has 0 radical (unpaired) electrons. The van der Waals surface area contributed by atoms with Crippen molar-refractivity contribution in [3.63, 3.8) is 0 Å². The average Bonchev–Trinajstić information content (AvgIpc) is 2.78. The van der Waals surface area contributed by atoms with E-state index in [1.165, 1.54) is 0 Å². The first-order chi connectivity index (χ1) is 9.50. The molecule has 5 heteroatoms. The summed E-state index contributed by atoms with van der Waals surface area (Å²) in [5.41, 5.74) is 1.83. The Balaban J connectivity index is 0.000000956. The molecule has 20 heavy (non-hydrogen) atoms. The molecule has 0 aliphatic carbocycles. The topological polar surface area (TPSA) is 41.4 Å². The summed E-state index contributed by atoms with van der Waals surface area (Å²) in [6.45, 7) is 4.63. The fraction of sp³-hybridized carbons (Fsp3) is 0.467. The van der Waals surface area contributed by atoms with Crippen LogP contribution in [0.3, 0.4) is 0 Å². The van der Waals surface area contributed by atoms with Gasteiger partial charge in [-0.15, -0.1) is 0 Å². The zero-order valence-corrected chi connectivity index (χ0v) is 13.2. The molecule has 1 aromatic carbocycles. The van der Waals surface area contributed by atoms with Crippen molar-refractivity contribution in [2.75, 3.05) is 28.2 Å². The maximum Gasteiger partial charge on any atom is 0.289 e. The lowest BCUT2D eigenvalue weighted by atomic mass is 10.3. The number of fused-ring (bicyclic) bond motifs is 1. The maximum atomic E-state index is 12.1. The number of para-hydroxylation sites is 2. The third-order valence-electron chi connectivity index (χ3n) is 2.68. The van der Waals surface area contributed by atoms with E-state index in [-0.39, 0.29) is 5.91 Å². The Morgan fingerprint density at radius 2 is 1.75 bits per heavy atom. The molecule has 1 amide bonds. The third-order valence-corrected chi connectivity index (χ3v) is 2.68. The number of nitrogens with zero attached hydrogens (tertiary/aromatic N) is 4. The fourth-order valence-electron chi connectivity index (χ4n) is 1.86. The first-order valence-corrected chi connectivity index (χ1v) is 6.82. The van der Waals surface area contributed by atoms with Crippen LogP contribution in [0.15, 0.2) is 24.3 Å². The summed E-state index contributed by atoms with van der Waals surface area (Å²) in [5.74, 6) is 0.406. The summed E-state index contributed by atoms with van der Waals surface area (Å²) >= 11 is 0. The molecular formula is C15H24N4O. The van der Waals surface area contributed by atoms with E-state index in [0.29, 0.717) is 12.5 Å². The van der Waals surface area contributed by atoms with Gasteiger partial charge in [-0.05, 0) is 26.2 Å². The molecule has 5 nitrogen and oxygen atoms in total. The number of amides is 1. The molecule has 0 bridgehead atoms. The van der Waals surface area contributed by atoms with Crippen LogP contribution in [0.1, 0.15) is 24.5 Å². The van der Waals surface area contributed by atoms with Crippen molar-refractivity contribution >= 4 is 16.9 Å². The van der Waals surface area contributed by atoms with Crippen molar-refractivity contribution < 1.29 is 4.79 Å². The maximum absolute atomic E-state index is 12.1. The number of hydrogen-bond donors (Lipinski definition) is 0. The lowest BCUT2D eigenvalue weighted by molar-refractivity contribution is 0.0808. The molecule has 2 rings (SSSR count). The molecule has 0 atom stereocenters. The second kappa shape index (κ2) is 7.05. The molecule has 0 fully saturated rings. The van der Waals surface area contributed by atoms with Crippen LogP contribution < -0.4 is 0 Å². The van der Waals surface area contributed by atoms with Crippen molar-refractivity contribution in [3.05, 3.63) is 30.1 Å². The van der Waals surface area contributed by atoms with E-state index in [1.807, 2.05) is 61.7 Å². The fourth-order valence-corrected chi connectivity index (χ4v) is 1.86. The summed E-state index contributed by atoms with van der Waals surface area (Å²) in [6, 6.07) is 7.80. The van der Waals surface area contributed by atoms with Crippen molar-refractivity contribution in [3.8, 4) is 0 Å². The standard InChI is InChI=1S/C13H18N4O.C2H6/c1-15(2)9-17-11-8-6-5-7-10(11)14-12(17)13(18)16(3)4;1-2/h5-8H,9H2,1-4H3;1-2H3. The first kappa shape index (κ1) is 16.2. The number of rotatable bonds is 3. The highest BCUT2D eigenvalue weighted by molar-refractivity contribution is 5.94. The summed E-state index contributed by atoms with van der Waals surface area (Å²) in [5, 5.41) is 0. The molecule has 0 spiro atoms. The molecular weight excluding hydrogens is 252 g/mol. The van der Waals surface area contributed by atoms with E-state index in [2.05, 4.69) is 4.98 Å². The van der Waals surface area contributed by atoms with E-state index in [1.54, 1.807) is 19.0 Å². The Labute approximate surface area is 120 Å². The van der Waals surface area contributed by atoms with E-state index in [4.69, 9.17) is 0 Å². The Bertz CT molecular complexity index is 572. The van der Waals surface area contributed by atoms with Crippen molar-refractivity contribution in [2.24, 2.45) is 0 Å². The Hall–Kier alpha value is -1.88. The number of carbonyl (C=O) groups excluding carboxylic acids is 1. The lowest BCUT2D eigenvalue weighted by Crippen LogP contribution is -2.28. The summed E-state index contributed by atoms with van der Waals surface area (Å²) in [4.78, 5) is 20.1. The first-order valence-electron chi connectivity index (χ1n) is 6.82. The second-order valence-corrected chi connectivity index (χ2v) is 4.77. The van der Waals surface area contributed by atoms with Gasteiger partial charge in [0.25, 0.3) is 5.91 Å². The zero-order chi connectivity index (χ0) is 15.3. The van der Waals surface area contributed by atoms with E-state index in [0.717, 1.165) is 11.0 Å². The van der Waals surface area contributed by atoms with Gasteiger partial charge in [0.1, 0.15) is 0 Å². The number of carbonyl (C=O) groups is 1. The van der Waals surface area contributed by atoms with Gasteiger partial charge in [-0.3, -0.25) is 9.69 Å². The van der Waals surface area contributed by atoms with Crippen LogP contribution in [0.5, 0.6) is 0 Å². The molecule has 0 aliphatic rings. The van der Waals surface area contributed by atoms with Crippen molar-refractivity contribution in [1.29, 1.82) is 0 Å². The monoisotopic (exact) mass is 276 g/mol. The quantitative estimate of drug-likeness (QED) is 0.863. The number of hydrogen-bond acceptors (Lipinski definition) is 3. The molecule has 0 saturated carbocycles. The number of benzene rings is 1. The highest BCUT2D eigenvalue weighted by Gasteiger charge is 2.18. The second-order valence-electron chi connectivity index (χ2n) is 4.77. The van der Waals surface area contributed by atoms with Gasteiger partial charge in [0.05, 0.1) is 17.7 Å². The molecule has 0 saturated heterocycles. The van der Waals surface area contributed by atoms with Gasteiger partial charge in [0.15, 0.2) is 0 Å². The van der Waals surface area contributed by atoms with Crippen LogP contribution in [0.25, 0.3) is 11.0 Å². The van der Waals surface area contributed by atoms with Gasteiger partial charge in [0.2, 0.25) is 5.82 Å². The Morgan fingerprint density at radius 3 is 2.30 bits per heavy atom. The predicted molar refractivity (Wildman–Crippen MR) is 82.8 cm³/mol. The van der Waals surface area contributed by atoms with Crippen LogP contribution in [0.4, 0.5) is 0 Å². The van der Waals surface area contributed by atoms with Gasteiger partial charge in [-0.2, -0.15) is 0 Å². The summed E-state index contributed by atoms with van der Waals surface area (Å²) in [6.07, 6.45) is 0. The minimum atomic E-state index is -0.0759.